The second-order valence-corrected chi connectivity index (χ2v) is 5.14. The van der Waals surface area contributed by atoms with Gasteiger partial charge in [0.2, 0.25) is 17.6 Å². The average Bonchev–Trinajstić information content (AvgIpc) is 3.03. The summed E-state index contributed by atoms with van der Waals surface area (Å²) in [6, 6.07) is 13.2. The van der Waals surface area contributed by atoms with Crippen LogP contribution >= 0.6 is 0 Å². The van der Waals surface area contributed by atoms with E-state index < -0.39 is 0 Å². The van der Waals surface area contributed by atoms with Crippen molar-refractivity contribution in [1.29, 1.82) is 0 Å². The van der Waals surface area contributed by atoms with Gasteiger partial charge in [-0.05, 0) is 25.1 Å². The molecular weight excluding hydrogens is 292 g/mol. The molecule has 0 bridgehead atoms. The van der Waals surface area contributed by atoms with Crippen LogP contribution in [0.3, 0.4) is 0 Å². The van der Waals surface area contributed by atoms with E-state index in [1.807, 2.05) is 37.3 Å². The van der Waals surface area contributed by atoms with E-state index in [0.717, 1.165) is 11.1 Å². The highest BCUT2D eigenvalue weighted by Gasteiger charge is 2.11. The predicted octanol–water partition coefficient (Wildman–Crippen LogP) is 3.01. The summed E-state index contributed by atoms with van der Waals surface area (Å²) in [5.74, 6) is 1.37. The van der Waals surface area contributed by atoms with Gasteiger partial charge in [-0.1, -0.05) is 35.0 Å². The van der Waals surface area contributed by atoms with E-state index in [-0.39, 0.29) is 12.3 Å². The summed E-state index contributed by atoms with van der Waals surface area (Å²) in [6.45, 7) is 2.01. The summed E-state index contributed by atoms with van der Waals surface area (Å²) < 4.78 is 5.20. The van der Waals surface area contributed by atoms with Crippen molar-refractivity contribution in [2.24, 2.45) is 0 Å². The lowest BCUT2D eigenvalue weighted by Crippen LogP contribution is -2.13. The molecule has 6 nitrogen and oxygen atoms in total. The summed E-state index contributed by atoms with van der Waals surface area (Å²) in [7, 11) is 0. The molecule has 23 heavy (non-hydrogen) atoms. The zero-order chi connectivity index (χ0) is 16.1. The number of hydrogen-bond donors (Lipinski definition) is 1. The molecule has 0 fully saturated rings. The minimum Gasteiger partial charge on any atom is -0.339 e. The molecule has 0 aliphatic carbocycles. The number of rotatable bonds is 5. The number of nitrogens with one attached hydrogen (secondary N) is 1. The molecule has 1 aromatic carbocycles. The largest absolute Gasteiger partial charge is 0.339 e. The number of anilines is 1. The fourth-order valence-corrected chi connectivity index (χ4v) is 2.12. The Morgan fingerprint density at radius 3 is 2.91 bits per heavy atom. The van der Waals surface area contributed by atoms with Crippen LogP contribution in [0, 0.1) is 6.92 Å². The maximum Gasteiger partial charge on any atom is 0.227 e. The van der Waals surface area contributed by atoms with E-state index in [0.29, 0.717) is 24.0 Å². The van der Waals surface area contributed by atoms with E-state index in [1.54, 1.807) is 18.3 Å². The molecule has 3 rings (SSSR count). The summed E-state index contributed by atoms with van der Waals surface area (Å²) in [4.78, 5) is 20.2. The van der Waals surface area contributed by atoms with E-state index in [2.05, 4.69) is 20.4 Å². The van der Waals surface area contributed by atoms with Gasteiger partial charge in [-0.2, -0.15) is 4.98 Å². The van der Waals surface area contributed by atoms with Gasteiger partial charge < -0.3 is 9.84 Å². The molecule has 2 aromatic heterocycles. The molecule has 3 aromatic rings. The third-order valence-corrected chi connectivity index (χ3v) is 3.24. The van der Waals surface area contributed by atoms with Crippen molar-refractivity contribution in [3.05, 3.63) is 60.1 Å². The molecule has 0 saturated heterocycles. The Balaban J connectivity index is 1.58. The molecule has 0 aliphatic rings. The summed E-state index contributed by atoms with van der Waals surface area (Å²) in [6.07, 6.45) is 2.27. The monoisotopic (exact) mass is 308 g/mol. The number of benzene rings is 1. The van der Waals surface area contributed by atoms with E-state index in [9.17, 15) is 4.79 Å². The quantitative estimate of drug-likeness (QED) is 0.783. The maximum absolute atomic E-state index is 11.9. The number of aromatic nitrogens is 3. The smallest absolute Gasteiger partial charge is 0.227 e. The van der Waals surface area contributed by atoms with Crippen LogP contribution < -0.4 is 5.32 Å². The number of carbonyl (C=O) groups excluding carboxylic acids is 1. The van der Waals surface area contributed by atoms with Gasteiger partial charge >= 0.3 is 0 Å². The van der Waals surface area contributed by atoms with Gasteiger partial charge in [-0.15, -0.1) is 0 Å². The van der Waals surface area contributed by atoms with E-state index in [1.165, 1.54) is 0 Å². The van der Waals surface area contributed by atoms with Gasteiger partial charge in [0.05, 0.1) is 0 Å². The van der Waals surface area contributed by atoms with Crippen molar-refractivity contribution < 1.29 is 9.32 Å². The highest BCUT2D eigenvalue weighted by molar-refractivity contribution is 5.89. The fraction of sp³-hybridized carbons (Fsp3) is 0.176. The first-order valence-corrected chi connectivity index (χ1v) is 7.31. The Morgan fingerprint density at radius 1 is 1.22 bits per heavy atom. The van der Waals surface area contributed by atoms with Gasteiger partial charge in [0.15, 0.2) is 0 Å². The third kappa shape index (κ3) is 4.00. The van der Waals surface area contributed by atoms with Crippen LogP contribution in [0.1, 0.15) is 17.9 Å². The lowest BCUT2D eigenvalue weighted by Gasteiger charge is -2.01. The molecular formula is C17H16N4O2. The van der Waals surface area contributed by atoms with Crippen molar-refractivity contribution in [2.75, 3.05) is 5.32 Å². The Hall–Kier alpha value is -3.02. The molecule has 0 unspecified atom stereocenters. The second kappa shape index (κ2) is 6.83. The van der Waals surface area contributed by atoms with Gasteiger partial charge in [-0.25, -0.2) is 4.98 Å². The normalized spacial score (nSPS) is 10.5. The van der Waals surface area contributed by atoms with Crippen molar-refractivity contribution in [3.63, 3.8) is 0 Å². The molecule has 1 amide bonds. The van der Waals surface area contributed by atoms with Crippen molar-refractivity contribution in [3.8, 4) is 11.4 Å². The van der Waals surface area contributed by atoms with E-state index in [4.69, 9.17) is 4.52 Å². The second-order valence-electron chi connectivity index (χ2n) is 5.14. The van der Waals surface area contributed by atoms with Crippen LogP contribution in [-0.4, -0.2) is 21.0 Å². The predicted molar refractivity (Wildman–Crippen MR) is 85.7 cm³/mol. The minimum atomic E-state index is -0.140. The Morgan fingerprint density at radius 2 is 2.13 bits per heavy atom. The number of pyridine rings is 1. The third-order valence-electron chi connectivity index (χ3n) is 3.24. The number of hydrogen-bond acceptors (Lipinski definition) is 5. The summed E-state index contributed by atoms with van der Waals surface area (Å²) in [5, 5.41) is 6.68. The zero-order valence-electron chi connectivity index (χ0n) is 12.7. The standard InChI is InChI=1S/C17H16N4O2/c1-12-5-4-6-13(11-12)17-20-16(23-21-17)9-8-15(22)19-14-7-2-3-10-18-14/h2-7,10-11H,8-9H2,1H3,(H,18,19,22). The molecule has 0 spiro atoms. The average molecular weight is 308 g/mol. The van der Waals surface area contributed by atoms with Crippen LogP contribution in [0.2, 0.25) is 0 Å². The number of carbonyl (C=O) groups is 1. The van der Waals surface area contributed by atoms with Gasteiger partial charge in [-0.3, -0.25) is 4.79 Å². The highest BCUT2D eigenvalue weighted by atomic mass is 16.5. The summed E-state index contributed by atoms with van der Waals surface area (Å²) >= 11 is 0. The molecule has 1 N–H and O–H groups in total. The Bertz CT molecular complexity index is 799. The highest BCUT2D eigenvalue weighted by Crippen LogP contribution is 2.17. The molecule has 0 aliphatic heterocycles. The molecule has 116 valence electrons. The number of nitrogens with zero attached hydrogens (tertiary/aromatic N) is 3. The topological polar surface area (TPSA) is 80.9 Å². The first kappa shape index (κ1) is 14.9. The van der Waals surface area contributed by atoms with Crippen molar-refractivity contribution in [2.45, 2.75) is 19.8 Å². The van der Waals surface area contributed by atoms with Gasteiger partial charge in [0.25, 0.3) is 0 Å². The van der Waals surface area contributed by atoms with Crippen molar-refractivity contribution >= 4 is 11.7 Å². The van der Waals surface area contributed by atoms with Crippen LogP contribution in [0.4, 0.5) is 5.82 Å². The fourth-order valence-electron chi connectivity index (χ4n) is 2.12. The SMILES string of the molecule is Cc1cccc(-c2noc(CCC(=O)Nc3ccccn3)n2)c1. The van der Waals surface area contributed by atoms with E-state index >= 15 is 0 Å². The molecule has 0 atom stereocenters. The van der Waals surface area contributed by atoms with Crippen LogP contribution in [0.25, 0.3) is 11.4 Å². The first-order valence-electron chi connectivity index (χ1n) is 7.31. The number of amides is 1. The zero-order valence-corrected chi connectivity index (χ0v) is 12.7. The Kier molecular flexibility index (Phi) is 4.42. The van der Waals surface area contributed by atoms with Crippen LogP contribution in [0.5, 0.6) is 0 Å². The number of aryl methyl sites for hydroxylation is 2. The molecule has 0 radical (unpaired) electrons. The molecule has 0 saturated carbocycles. The minimum absolute atomic E-state index is 0.140. The first-order chi connectivity index (χ1) is 11.2. The van der Waals surface area contributed by atoms with Crippen molar-refractivity contribution in [1.82, 2.24) is 15.1 Å². The van der Waals surface area contributed by atoms with Gasteiger partial charge in [0, 0.05) is 24.6 Å². The van der Waals surface area contributed by atoms with Crippen LogP contribution in [-0.2, 0) is 11.2 Å². The van der Waals surface area contributed by atoms with Gasteiger partial charge in [0.1, 0.15) is 5.82 Å². The summed E-state index contributed by atoms with van der Waals surface area (Å²) in [5.41, 5.74) is 2.03. The Labute approximate surface area is 133 Å². The lowest BCUT2D eigenvalue weighted by molar-refractivity contribution is -0.116. The molecule has 6 heteroatoms. The van der Waals surface area contributed by atoms with Crippen LogP contribution in [0.15, 0.2) is 53.2 Å². The lowest BCUT2D eigenvalue weighted by atomic mass is 10.1. The molecule has 2 heterocycles. The maximum atomic E-state index is 11.9.